The molecule has 1 aliphatic carbocycles. The van der Waals surface area contributed by atoms with Crippen LogP contribution in [0.2, 0.25) is 5.28 Å². The van der Waals surface area contributed by atoms with Crippen molar-refractivity contribution in [2.24, 2.45) is 5.41 Å². The summed E-state index contributed by atoms with van der Waals surface area (Å²) in [5, 5.41) is 21.3. The number of hydrogen-bond donors (Lipinski definition) is 5. The third-order valence-electron chi connectivity index (χ3n) is 7.81. The molecule has 2 unspecified atom stereocenters. The van der Waals surface area contributed by atoms with Crippen molar-refractivity contribution in [2.45, 2.75) is 69.5 Å². The van der Waals surface area contributed by atoms with Gasteiger partial charge in [-0.2, -0.15) is 9.97 Å². The van der Waals surface area contributed by atoms with Gasteiger partial charge >= 0.3 is 7.60 Å². The van der Waals surface area contributed by atoms with Gasteiger partial charge in [-0.15, -0.1) is 0 Å². The molecule has 5 atom stereocenters. The van der Waals surface area contributed by atoms with E-state index in [9.17, 15) is 24.2 Å². The second kappa shape index (κ2) is 10.1. The molecule has 206 valence electrons. The van der Waals surface area contributed by atoms with Crippen LogP contribution in [0.25, 0.3) is 11.2 Å². The zero-order chi connectivity index (χ0) is 26.6. The molecular weight excluding hydrogens is 548 g/mol. The van der Waals surface area contributed by atoms with Gasteiger partial charge in [0.15, 0.2) is 23.2 Å². The monoisotopic (exact) mass is 579 g/mol. The Morgan fingerprint density at radius 3 is 2.51 bits per heavy atom. The Labute approximate surface area is 218 Å². The number of rotatable bonds is 7. The molecular formula is C21H32ClN5O8P2. The fraction of sp³-hybridized carbons (Fsp3) is 0.762. The second-order valence-corrected chi connectivity index (χ2v) is 15.5. The number of fused-ring (bicyclic) bond motifs is 1. The van der Waals surface area contributed by atoms with Crippen LogP contribution in [0.15, 0.2) is 6.33 Å². The predicted octanol–water partition coefficient (Wildman–Crippen LogP) is 2.06. The van der Waals surface area contributed by atoms with Gasteiger partial charge in [0, 0.05) is 19.3 Å². The quantitative estimate of drug-likeness (QED) is 0.237. The van der Waals surface area contributed by atoms with Crippen LogP contribution < -0.4 is 4.90 Å². The van der Waals surface area contributed by atoms with Crippen LogP contribution in [-0.4, -0.2) is 87.9 Å². The van der Waals surface area contributed by atoms with E-state index in [1.54, 1.807) is 0 Å². The topological polar surface area (TPSA) is 191 Å². The molecule has 0 radical (unpaired) electrons. The van der Waals surface area contributed by atoms with Gasteiger partial charge in [0.1, 0.15) is 18.1 Å². The highest BCUT2D eigenvalue weighted by Gasteiger charge is 2.46. The number of halogens is 1. The second-order valence-electron chi connectivity index (χ2n) is 10.6. The van der Waals surface area contributed by atoms with E-state index in [4.69, 9.17) is 26.1 Å². The highest BCUT2D eigenvalue weighted by molar-refractivity contribution is 7.72. The van der Waals surface area contributed by atoms with Crippen molar-refractivity contribution in [3.8, 4) is 0 Å². The highest BCUT2D eigenvalue weighted by Crippen LogP contribution is 2.55. The Kier molecular flexibility index (Phi) is 7.50. The summed E-state index contributed by atoms with van der Waals surface area (Å²) in [7, 11) is -8.86. The molecule has 3 fully saturated rings. The van der Waals surface area contributed by atoms with Gasteiger partial charge in [0.05, 0.1) is 12.4 Å². The van der Waals surface area contributed by atoms with E-state index < -0.39 is 51.6 Å². The lowest BCUT2D eigenvalue weighted by molar-refractivity contribution is -0.0354. The molecule has 4 heterocycles. The number of aromatic nitrogens is 4. The van der Waals surface area contributed by atoms with Crippen molar-refractivity contribution in [2.75, 3.05) is 30.1 Å². The summed E-state index contributed by atoms with van der Waals surface area (Å²) in [6.45, 7) is 1.69. The fourth-order valence-electron chi connectivity index (χ4n) is 5.99. The first kappa shape index (κ1) is 27.4. The van der Waals surface area contributed by atoms with Gasteiger partial charge in [-0.1, -0.05) is 19.3 Å². The maximum absolute atomic E-state index is 12.2. The third-order valence-corrected chi connectivity index (χ3v) is 12.2. The minimum Gasteiger partial charge on any atom is -0.388 e. The molecule has 5 N–H and O–H groups in total. The van der Waals surface area contributed by atoms with Gasteiger partial charge < -0.3 is 34.5 Å². The SMILES string of the molecule is O=P(O)(O)CP(=O)(O)CC[C@H]1O[C@@H](n2cnc3c(N4CCC5(CCCCC5)C4)nc(Cl)nc32)C(O)[C@H]1O. The van der Waals surface area contributed by atoms with E-state index in [-0.39, 0.29) is 17.1 Å². The first-order valence-corrected chi connectivity index (χ1v) is 16.6. The molecule has 2 aliphatic heterocycles. The average molecular weight is 580 g/mol. The molecule has 2 saturated heterocycles. The van der Waals surface area contributed by atoms with Crippen molar-refractivity contribution in [1.82, 2.24) is 19.5 Å². The Balaban J connectivity index is 1.36. The molecule has 1 spiro atoms. The average Bonchev–Trinajstić information content (AvgIpc) is 3.48. The standard InChI is InChI=1S/C21H32ClN5O8P2/c22-20-24-17(26-8-7-21(10-26)5-2-1-3-6-21)14-18(25-20)27(11-23-14)19-16(29)15(28)13(35-19)4-9-36(30,31)12-37(32,33)34/h11,13,15-16,19,28-29H,1-10,12H2,(H,30,31)(H2,32,33,34)/t13-,15+,16?,19-/m1/s1. The minimum atomic E-state index is -4.69. The smallest absolute Gasteiger partial charge is 0.335 e. The van der Waals surface area contributed by atoms with Crippen molar-refractivity contribution in [3.05, 3.63) is 11.6 Å². The minimum absolute atomic E-state index is 0.0112. The number of nitrogens with zero attached hydrogens (tertiary/aromatic N) is 5. The summed E-state index contributed by atoms with van der Waals surface area (Å²) >= 11 is 6.30. The molecule has 13 nitrogen and oxygen atoms in total. The molecule has 2 aromatic rings. The molecule has 37 heavy (non-hydrogen) atoms. The van der Waals surface area contributed by atoms with Gasteiger partial charge in [0.25, 0.3) is 0 Å². The van der Waals surface area contributed by atoms with Gasteiger partial charge in [-0.05, 0) is 42.7 Å². The zero-order valence-electron chi connectivity index (χ0n) is 20.1. The Morgan fingerprint density at radius 2 is 1.81 bits per heavy atom. The van der Waals surface area contributed by atoms with E-state index in [0.717, 1.165) is 19.5 Å². The lowest BCUT2D eigenvalue weighted by Gasteiger charge is -2.33. The molecule has 0 amide bonds. The number of ether oxygens (including phenoxy) is 1. The molecule has 3 aliphatic rings. The first-order chi connectivity index (χ1) is 17.4. The summed E-state index contributed by atoms with van der Waals surface area (Å²) < 4.78 is 30.6. The van der Waals surface area contributed by atoms with Crippen molar-refractivity contribution < 1.29 is 38.8 Å². The Hall–Kier alpha value is -1.14. The van der Waals surface area contributed by atoms with Gasteiger partial charge in [-0.25, -0.2) is 4.98 Å². The largest absolute Gasteiger partial charge is 0.388 e. The lowest BCUT2D eigenvalue weighted by Crippen LogP contribution is -2.32. The number of hydrogen-bond acceptors (Lipinski definition) is 9. The number of imidazole rings is 1. The molecule has 2 aromatic heterocycles. The van der Waals surface area contributed by atoms with Crippen LogP contribution in [0.5, 0.6) is 0 Å². The summed E-state index contributed by atoms with van der Waals surface area (Å²) in [5.74, 6) is -0.545. The lowest BCUT2D eigenvalue weighted by atomic mass is 9.73. The molecule has 0 aromatic carbocycles. The summed E-state index contributed by atoms with van der Waals surface area (Å²) in [4.78, 5) is 43.4. The summed E-state index contributed by atoms with van der Waals surface area (Å²) in [6, 6.07) is 0. The zero-order valence-corrected chi connectivity index (χ0v) is 22.7. The maximum atomic E-state index is 12.2. The number of aliphatic hydroxyl groups excluding tert-OH is 2. The molecule has 5 rings (SSSR count). The van der Waals surface area contributed by atoms with Crippen LogP contribution in [-0.2, 0) is 13.9 Å². The van der Waals surface area contributed by atoms with E-state index in [0.29, 0.717) is 17.0 Å². The van der Waals surface area contributed by atoms with Crippen LogP contribution in [0, 0.1) is 5.41 Å². The van der Waals surface area contributed by atoms with Crippen LogP contribution >= 0.6 is 26.6 Å². The van der Waals surface area contributed by atoms with Crippen molar-refractivity contribution in [1.29, 1.82) is 0 Å². The number of anilines is 1. The van der Waals surface area contributed by atoms with Crippen LogP contribution in [0.1, 0.15) is 51.2 Å². The van der Waals surface area contributed by atoms with E-state index in [1.807, 2.05) is 0 Å². The fourth-order valence-corrected chi connectivity index (χ4v) is 9.68. The van der Waals surface area contributed by atoms with E-state index >= 15 is 0 Å². The molecule has 16 heteroatoms. The van der Waals surface area contributed by atoms with Gasteiger partial charge in [-0.3, -0.25) is 13.7 Å². The number of aliphatic hydroxyl groups is 2. The molecule has 1 saturated carbocycles. The highest BCUT2D eigenvalue weighted by atomic mass is 35.5. The summed E-state index contributed by atoms with van der Waals surface area (Å²) in [5.41, 5.74) is 1.09. The predicted molar refractivity (Wildman–Crippen MR) is 135 cm³/mol. The van der Waals surface area contributed by atoms with Crippen molar-refractivity contribution in [3.63, 3.8) is 0 Å². The first-order valence-electron chi connectivity index (χ1n) is 12.4. The molecule has 0 bridgehead atoms. The third kappa shape index (κ3) is 5.76. The van der Waals surface area contributed by atoms with Crippen LogP contribution in [0.4, 0.5) is 5.82 Å². The van der Waals surface area contributed by atoms with E-state index in [2.05, 4.69) is 19.9 Å². The van der Waals surface area contributed by atoms with Crippen LogP contribution in [0.3, 0.4) is 0 Å². The van der Waals surface area contributed by atoms with Gasteiger partial charge in [0.2, 0.25) is 12.7 Å². The Morgan fingerprint density at radius 1 is 1.08 bits per heavy atom. The Bertz CT molecular complexity index is 1250. The maximum Gasteiger partial charge on any atom is 0.335 e. The van der Waals surface area contributed by atoms with Crippen molar-refractivity contribution >= 4 is 43.5 Å². The van der Waals surface area contributed by atoms with E-state index in [1.165, 1.54) is 43.0 Å². The summed E-state index contributed by atoms with van der Waals surface area (Å²) in [6.07, 6.45) is 2.98. The normalized spacial score (nSPS) is 29.8.